The van der Waals surface area contributed by atoms with Crippen molar-refractivity contribution in [1.82, 2.24) is 9.88 Å². The number of rotatable bonds is 3. The molecule has 134 valence electrons. The minimum absolute atomic E-state index is 0. The summed E-state index contributed by atoms with van der Waals surface area (Å²) in [5.74, 6) is 0.651. The number of para-hydroxylation sites is 1. The monoisotopic (exact) mass is 389 g/mol. The van der Waals surface area contributed by atoms with E-state index in [1.165, 1.54) is 12.8 Å². The van der Waals surface area contributed by atoms with Crippen LogP contribution in [0.3, 0.4) is 0 Å². The lowest BCUT2D eigenvalue weighted by molar-refractivity contribution is 0.164. The Morgan fingerprint density at radius 1 is 1.25 bits per heavy atom. The summed E-state index contributed by atoms with van der Waals surface area (Å²) >= 11 is 6.56. The van der Waals surface area contributed by atoms with Crippen LogP contribution in [0.5, 0.6) is 0 Å². The molecule has 0 bridgehead atoms. The summed E-state index contributed by atoms with van der Waals surface area (Å²) in [6, 6.07) is 8.50. The highest BCUT2D eigenvalue weighted by Crippen LogP contribution is 2.29. The molecule has 0 spiro atoms. The third-order valence-corrected chi connectivity index (χ3v) is 5.40. The van der Waals surface area contributed by atoms with E-state index >= 15 is 0 Å². The second kappa shape index (κ2) is 9.21. The number of benzene rings is 1. The van der Waals surface area contributed by atoms with Crippen LogP contribution in [0.4, 0.5) is 0 Å². The highest BCUT2D eigenvalue weighted by atomic mass is 35.5. The minimum atomic E-state index is 0. The molecule has 1 aromatic heterocycles. The summed E-state index contributed by atoms with van der Waals surface area (Å²) in [6.45, 7) is 7.19. The molecule has 24 heavy (non-hydrogen) atoms. The Bertz CT molecular complexity index is 668. The molecular weight excluding hydrogens is 365 g/mol. The van der Waals surface area contributed by atoms with Crippen molar-refractivity contribution >= 4 is 47.3 Å². The van der Waals surface area contributed by atoms with Crippen LogP contribution in [0.1, 0.15) is 31.0 Å². The van der Waals surface area contributed by atoms with Crippen LogP contribution in [0, 0.1) is 12.8 Å². The van der Waals surface area contributed by atoms with Crippen molar-refractivity contribution in [2.45, 2.75) is 39.3 Å². The van der Waals surface area contributed by atoms with Crippen molar-refractivity contribution in [3.05, 3.63) is 40.5 Å². The van der Waals surface area contributed by atoms with E-state index in [4.69, 9.17) is 22.3 Å². The number of aromatic nitrogens is 1. The lowest BCUT2D eigenvalue weighted by Gasteiger charge is -2.33. The summed E-state index contributed by atoms with van der Waals surface area (Å²) in [5, 5.41) is 1.96. The normalized spacial score (nSPS) is 17.2. The Balaban J connectivity index is 0.00000144. The molecule has 1 fully saturated rings. The second-order valence-electron chi connectivity index (χ2n) is 6.49. The van der Waals surface area contributed by atoms with Gasteiger partial charge in [0.25, 0.3) is 0 Å². The molecule has 0 amide bonds. The number of aryl methyl sites for hydroxylation is 1. The van der Waals surface area contributed by atoms with E-state index in [2.05, 4.69) is 30.9 Å². The highest BCUT2D eigenvalue weighted by Gasteiger charge is 2.23. The quantitative estimate of drug-likeness (QED) is 0.832. The van der Waals surface area contributed by atoms with Gasteiger partial charge >= 0.3 is 0 Å². The topological polar surface area (TPSA) is 42.1 Å². The molecule has 1 saturated heterocycles. The molecule has 1 aliphatic rings. The Labute approximate surface area is 161 Å². The zero-order valence-electron chi connectivity index (χ0n) is 14.2. The van der Waals surface area contributed by atoms with Gasteiger partial charge < -0.3 is 5.73 Å². The SMILES string of the molecule is Cc1c(Cl)c(CN2CCC(C(C)N)CC2)nc2ccccc12.Cl.Cl. The predicted octanol–water partition coefficient (Wildman–Crippen LogP) is 4.60. The molecule has 3 nitrogen and oxygen atoms in total. The largest absolute Gasteiger partial charge is 0.328 e. The van der Waals surface area contributed by atoms with Gasteiger partial charge in [0, 0.05) is 18.0 Å². The van der Waals surface area contributed by atoms with Crippen LogP contribution in [0.15, 0.2) is 24.3 Å². The van der Waals surface area contributed by atoms with Crippen LogP contribution in [-0.2, 0) is 6.54 Å². The molecule has 1 aliphatic heterocycles. The number of hydrogen-bond donors (Lipinski definition) is 1. The number of hydrogen-bond acceptors (Lipinski definition) is 3. The molecule has 1 aromatic carbocycles. The van der Waals surface area contributed by atoms with Crippen molar-refractivity contribution in [2.24, 2.45) is 11.7 Å². The summed E-state index contributed by atoms with van der Waals surface area (Å²) in [5.41, 5.74) is 9.18. The lowest BCUT2D eigenvalue weighted by atomic mass is 9.91. The molecular formula is C18H26Cl3N3. The van der Waals surface area contributed by atoms with E-state index < -0.39 is 0 Å². The smallest absolute Gasteiger partial charge is 0.0740 e. The van der Waals surface area contributed by atoms with Gasteiger partial charge in [-0.3, -0.25) is 4.90 Å². The van der Waals surface area contributed by atoms with Crippen LogP contribution in [0.2, 0.25) is 5.02 Å². The summed E-state index contributed by atoms with van der Waals surface area (Å²) in [4.78, 5) is 7.23. The maximum absolute atomic E-state index is 6.56. The average Bonchev–Trinajstić information content (AvgIpc) is 2.53. The number of piperidine rings is 1. The molecule has 0 saturated carbocycles. The van der Waals surface area contributed by atoms with E-state index in [1.54, 1.807) is 0 Å². The van der Waals surface area contributed by atoms with Crippen LogP contribution in [-0.4, -0.2) is 29.0 Å². The molecule has 2 N–H and O–H groups in total. The highest BCUT2D eigenvalue weighted by molar-refractivity contribution is 6.32. The Hall–Kier alpha value is -0.580. The number of nitrogens with two attached hydrogens (primary N) is 1. The summed E-state index contributed by atoms with van der Waals surface area (Å²) < 4.78 is 0. The van der Waals surface area contributed by atoms with Crippen molar-refractivity contribution < 1.29 is 0 Å². The molecule has 2 heterocycles. The van der Waals surface area contributed by atoms with E-state index in [9.17, 15) is 0 Å². The molecule has 3 rings (SSSR count). The number of halogens is 3. The zero-order chi connectivity index (χ0) is 15.7. The Kier molecular flexibility index (Phi) is 8.24. The van der Waals surface area contributed by atoms with E-state index in [0.717, 1.165) is 46.8 Å². The van der Waals surface area contributed by atoms with Gasteiger partial charge in [0.1, 0.15) is 0 Å². The van der Waals surface area contributed by atoms with Gasteiger partial charge in [0.05, 0.1) is 16.2 Å². The van der Waals surface area contributed by atoms with E-state index in [1.807, 2.05) is 12.1 Å². The van der Waals surface area contributed by atoms with Crippen molar-refractivity contribution in [3.63, 3.8) is 0 Å². The summed E-state index contributed by atoms with van der Waals surface area (Å²) in [6.07, 6.45) is 2.34. The third-order valence-electron chi connectivity index (χ3n) is 4.90. The first kappa shape index (κ1) is 21.5. The third kappa shape index (κ3) is 4.53. The standard InChI is InChI=1S/C18H24ClN3.2ClH/c1-12-15-5-3-4-6-16(15)21-17(18(12)19)11-22-9-7-14(8-10-22)13(2)20;;/h3-6,13-14H,7-11,20H2,1-2H3;2*1H. The van der Waals surface area contributed by atoms with Gasteiger partial charge in [0.2, 0.25) is 0 Å². The van der Waals surface area contributed by atoms with Gasteiger partial charge in [-0.25, -0.2) is 4.98 Å². The van der Waals surface area contributed by atoms with Crippen LogP contribution >= 0.6 is 36.4 Å². The van der Waals surface area contributed by atoms with Crippen molar-refractivity contribution in [2.75, 3.05) is 13.1 Å². The Morgan fingerprint density at radius 2 is 1.88 bits per heavy atom. The number of pyridine rings is 1. The fourth-order valence-electron chi connectivity index (χ4n) is 3.37. The first-order chi connectivity index (χ1) is 10.6. The molecule has 2 aromatic rings. The fraction of sp³-hybridized carbons (Fsp3) is 0.500. The second-order valence-corrected chi connectivity index (χ2v) is 6.87. The first-order valence-corrected chi connectivity index (χ1v) is 8.45. The minimum Gasteiger partial charge on any atom is -0.328 e. The summed E-state index contributed by atoms with van der Waals surface area (Å²) in [7, 11) is 0. The van der Waals surface area contributed by atoms with Gasteiger partial charge in [-0.15, -0.1) is 24.8 Å². The van der Waals surface area contributed by atoms with E-state index in [-0.39, 0.29) is 24.8 Å². The maximum Gasteiger partial charge on any atom is 0.0740 e. The van der Waals surface area contributed by atoms with Crippen LogP contribution in [0.25, 0.3) is 10.9 Å². The number of likely N-dealkylation sites (tertiary alicyclic amines) is 1. The Morgan fingerprint density at radius 3 is 2.50 bits per heavy atom. The van der Waals surface area contributed by atoms with E-state index in [0.29, 0.717) is 12.0 Å². The zero-order valence-corrected chi connectivity index (χ0v) is 16.6. The number of fused-ring (bicyclic) bond motifs is 1. The molecule has 1 atom stereocenters. The molecule has 6 heteroatoms. The van der Waals surface area contributed by atoms with Gasteiger partial charge in [0.15, 0.2) is 0 Å². The average molecular weight is 391 g/mol. The van der Waals surface area contributed by atoms with Crippen molar-refractivity contribution in [3.8, 4) is 0 Å². The van der Waals surface area contributed by atoms with Gasteiger partial charge in [-0.2, -0.15) is 0 Å². The first-order valence-electron chi connectivity index (χ1n) is 8.08. The van der Waals surface area contributed by atoms with Gasteiger partial charge in [-0.05, 0) is 57.3 Å². The fourth-order valence-corrected chi connectivity index (χ4v) is 3.57. The molecule has 0 aliphatic carbocycles. The maximum atomic E-state index is 6.56. The van der Waals surface area contributed by atoms with Crippen molar-refractivity contribution in [1.29, 1.82) is 0 Å². The predicted molar refractivity (Wildman–Crippen MR) is 108 cm³/mol. The molecule has 0 radical (unpaired) electrons. The number of nitrogens with zero attached hydrogens (tertiary/aromatic N) is 2. The lowest BCUT2D eigenvalue weighted by Crippen LogP contribution is -2.39. The van der Waals surface area contributed by atoms with Crippen LogP contribution < -0.4 is 5.73 Å². The molecule has 1 unspecified atom stereocenters. The van der Waals surface area contributed by atoms with Gasteiger partial charge in [-0.1, -0.05) is 29.8 Å².